The zero-order valence-electron chi connectivity index (χ0n) is 14.9. The molecular weight excluding hydrogens is 300 g/mol. The van der Waals surface area contributed by atoms with Gasteiger partial charge in [0.05, 0.1) is 0 Å². The molecule has 1 amide bonds. The second kappa shape index (κ2) is 7.06. The van der Waals surface area contributed by atoms with E-state index < -0.39 is 0 Å². The molecule has 0 atom stereocenters. The van der Waals surface area contributed by atoms with E-state index in [-0.39, 0.29) is 11.7 Å². The summed E-state index contributed by atoms with van der Waals surface area (Å²) in [5.41, 5.74) is 3.26. The molecule has 0 aliphatic carbocycles. The molecule has 130 valence electrons. The van der Waals surface area contributed by atoms with Gasteiger partial charge in [0.2, 0.25) is 5.91 Å². The van der Waals surface area contributed by atoms with Crippen molar-refractivity contribution in [3.05, 3.63) is 34.9 Å². The van der Waals surface area contributed by atoms with Gasteiger partial charge in [-0.05, 0) is 56.7 Å². The number of carbonyl (C=O) groups is 2. The Bertz CT molecular complexity index is 623. The smallest absolute Gasteiger partial charge is 0.223 e. The summed E-state index contributed by atoms with van der Waals surface area (Å²) in [5, 5.41) is 3.45. The monoisotopic (exact) mass is 328 g/mol. The Hall–Kier alpha value is -1.68. The van der Waals surface area contributed by atoms with Gasteiger partial charge < -0.3 is 10.2 Å². The predicted octanol–water partition coefficient (Wildman–Crippen LogP) is 2.87. The Balaban J connectivity index is 1.50. The second-order valence-electron chi connectivity index (χ2n) is 7.55. The van der Waals surface area contributed by atoms with E-state index in [2.05, 4.69) is 5.32 Å². The molecule has 2 aliphatic heterocycles. The third kappa shape index (κ3) is 3.69. The normalized spacial score (nSPS) is 19.7. The highest BCUT2D eigenvalue weighted by Gasteiger charge is 2.37. The van der Waals surface area contributed by atoms with Crippen molar-refractivity contribution in [2.45, 2.75) is 46.0 Å². The Labute approximate surface area is 144 Å². The lowest BCUT2D eigenvalue weighted by Crippen LogP contribution is -2.44. The molecule has 0 unspecified atom stereocenters. The first kappa shape index (κ1) is 17.2. The number of benzene rings is 1. The van der Waals surface area contributed by atoms with Crippen LogP contribution in [0.2, 0.25) is 0 Å². The number of amides is 1. The minimum absolute atomic E-state index is 0.0815. The van der Waals surface area contributed by atoms with Gasteiger partial charge in [-0.25, -0.2) is 0 Å². The van der Waals surface area contributed by atoms with Crippen LogP contribution in [0.5, 0.6) is 0 Å². The molecular formula is C20H28N2O2. The molecule has 0 radical (unpaired) electrons. The Morgan fingerprint density at radius 3 is 2.54 bits per heavy atom. The van der Waals surface area contributed by atoms with Gasteiger partial charge in [0.1, 0.15) is 0 Å². The lowest BCUT2D eigenvalue weighted by Gasteiger charge is -2.39. The molecule has 4 nitrogen and oxygen atoms in total. The van der Waals surface area contributed by atoms with Gasteiger partial charge in [-0.15, -0.1) is 0 Å². The van der Waals surface area contributed by atoms with Crippen molar-refractivity contribution in [1.29, 1.82) is 0 Å². The first-order chi connectivity index (χ1) is 11.5. The molecule has 0 bridgehead atoms. The Kier molecular flexibility index (Phi) is 5.04. The van der Waals surface area contributed by atoms with Crippen LogP contribution in [0.1, 0.15) is 53.6 Å². The van der Waals surface area contributed by atoms with Crippen LogP contribution >= 0.6 is 0 Å². The highest BCUT2D eigenvalue weighted by atomic mass is 16.2. The van der Waals surface area contributed by atoms with Crippen LogP contribution in [0.15, 0.2) is 18.2 Å². The number of nitrogens with zero attached hydrogens (tertiary/aromatic N) is 1. The lowest BCUT2D eigenvalue weighted by molar-refractivity contribution is -0.133. The number of nitrogens with one attached hydrogen (secondary N) is 1. The SMILES string of the molecule is Cc1ccc(C)c(C(=O)CCC(=O)N2CCC3(CCNC3)CC2)c1. The zero-order valence-corrected chi connectivity index (χ0v) is 14.9. The topological polar surface area (TPSA) is 49.4 Å². The maximum Gasteiger partial charge on any atom is 0.223 e. The average Bonchev–Trinajstić information content (AvgIpc) is 3.03. The van der Waals surface area contributed by atoms with Crippen molar-refractivity contribution in [1.82, 2.24) is 10.2 Å². The summed E-state index contributed by atoms with van der Waals surface area (Å²) in [6.45, 7) is 7.84. The number of likely N-dealkylation sites (tertiary alicyclic amines) is 1. The molecule has 2 aliphatic rings. The summed E-state index contributed by atoms with van der Waals surface area (Å²) < 4.78 is 0. The Morgan fingerprint density at radius 2 is 1.88 bits per heavy atom. The molecule has 24 heavy (non-hydrogen) atoms. The van der Waals surface area contributed by atoms with E-state index in [1.165, 1.54) is 6.42 Å². The summed E-state index contributed by atoms with van der Waals surface area (Å²) in [6.07, 6.45) is 4.07. The molecule has 3 rings (SSSR count). The number of hydrogen-bond acceptors (Lipinski definition) is 3. The fourth-order valence-corrected chi connectivity index (χ4v) is 4.00. The molecule has 2 heterocycles. The Morgan fingerprint density at radius 1 is 1.12 bits per heavy atom. The molecule has 0 aromatic heterocycles. The van der Waals surface area contributed by atoms with E-state index >= 15 is 0 Å². The second-order valence-corrected chi connectivity index (χ2v) is 7.55. The van der Waals surface area contributed by atoms with Crippen LogP contribution in [-0.2, 0) is 4.79 Å². The van der Waals surface area contributed by atoms with Gasteiger partial charge in [0, 0.05) is 38.0 Å². The fourth-order valence-electron chi connectivity index (χ4n) is 4.00. The summed E-state index contributed by atoms with van der Waals surface area (Å²) >= 11 is 0. The summed E-state index contributed by atoms with van der Waals surface area (Å²) in [5.74, 6) is 0.215. The molecule has 0 saturated carbocycles. The van der Waals surface area contributed by atoms with Gasteiger partial charge in [-0.2, -0.15) is 0 Å². The number of piperidine rings is 1. The summed E-state index contributed by atoms with van der Waals surface area (Å²) in [7, 11) is 0. The van der Waals surface area contributed by atoms with E-state index in [9.17, 15) is 9.59 Å². The van der Waals surface area contributed by atoms with E-state index in [1.807, 2.05) is 36.9 Å². The summed E-state index contributed by atoms with van der Waals surface area (Å²) in [4.78, 5) is 26.8. The van der Waals surface area contributed by atoms with E-state index in [0.717, 1.165) is 55.7 Å². The number of ketones is 1. The molecule has 2 saturated heterocycles. The number of hydrogen-bond donors (Lipinski definition) is 1. The van der Waals surface area contributed by atoms with Gasteiger partial charge in [-0.1, -0.05) is 17.7 Å². The maximum absolute atomic E-state index is 12.4. The molecule has 2 fully saturated rings. The van der Waals surface area contributed by atoms with Crippen molar-refractivity contribution >= 4 is 11.7 Å². The average molecular weight is 328 g/mol. The number of aryl methyl sites for hydroxylation is 2. The van der Waals surface area contributed by atoms with Crippen LogP contribution < -0.4 is 5.32 Å². The van der Waals surface area contributed by atoms with Gasteiger partial charge in [0.25, 0.3) is 0 Å². The first-order valence-electron chi connectivity index (χ1n) is 9.08. The van der Waals surface area contributed by atoms with E-state index in [1.54, 1.807) is 0 Å². The van der Waals surface area contributed by atoms with Crippen LogP contribution in [0, 0.1) is 19.3 Å². The third-order valence-corrected chi connectivity index (χ3v) is 5.77. The molecule has 1 spiro atoms. The highest BCUT2D eigenvalue weighted by Crippen LogP contribution is 2.37. The first-order valence-corrected chi connectivity index (χ1v) is 9.08. The predicted molar refractivity (Wildman–Crippen MR) is 95.2 cm³/mol. The number of carbonyl (C=O) groups excluding carboxylic acids is 2. The third-order valence-electron chi connectivity index (χ3n) is 5.77. The highest BCUT2D eigenvalue weighted by molar-refractivity contribution is 5.99. The van der Waals surface area contributed by atoms with Crippen LogP contribution in [0.25, 0.3) is 0 Å². The molecule has 4 heteroatoms. The number of rotatable bonds is 4. The lowest BCUT2D eigenvalue weighted by atomic mass is 9.78. The van der Waals surface area contributed by atoms with Crippen molar-refractivity contribution in [2.75, 3.05) is 26.2 Å². The maximum atomic E-state index is 12.4. The molecule has 1 aromatic rings. The molecule has 1 N–H and O–H groups in total. The van der Waals surface area contributed by atoms with Crippen molar-refractivity contribution in [3.63, 3.8) is 0 Å². The minimum Gasteiger partial charge on any atom is -0.343 e. The number of Topliss-reactive ketones (excluding diaryl/α,β-unsaturated/α-hetero) is 1. The van der Waals surface area contributed by atoms with Crippen molar-refractivity contribution in [2.24, 2.45) is 5.41 Å². The fraction of sp³-hybridized carbons (Fsp3) is 0.600. The molecule has 1 aromatic carbocycles. The van der Waals surface area contributed by atoms with Crippen molar-refractivity contribution < 1.29 is 9.59 Å². The summed E-state index contributed by atoms with van der Waals surface area (Å²) in [6, 6.07) is 5.92. The standard InChI is InChI=1S/C20H28N2O2/c1-15-3-4-16(2)17(13-15)18(23)5-6-19(24)22-11-8-20(9-12-22)7-10-21-14-20/h3-4,13,21H,5-12,14H2,1-2H3. The zero-order chi connectivity index (χ0) is 17.2. The van der Waals surface area contributed by atoms with Crippen LogP contribution in [0.4, 0.5) is 0 Å². The van der Waals surface area contributed by atoms with Gasteiger partial charge in [-0.3, -0.25) is 9.59 Å². The minimum atomic E-state index is 0.0815. The van der Waals surface area contributed by atoms with Gasteiger partial charge in [0.15, 0.2) is 5.78 Å². The van der Waals surface area contributed by atoms with Crippen LogP contribution in [0.3, 0.4) is 0 Å². The van der Waals surface area contributed by atoms with Crippen molar-refractivity contribution in [3.8, 4) is 0 Å². The van der Waals surface area contributed by atoms with Gasteiger partial charge >= 0.3 is 0 Å². The van der Waals surface area contributed by atoms with Crippen LogP contribution in [-0.4, -0.2) is 42.8 Å². The largest absolute Gasteiger partial charge is 0.343 e. The van der Waals surface area contributed by atoms with E-state index in [4.69, 9.17) is 0 Å². The van der Waals surface area contributed by atoms with E-state index in [0.29, 0.717) is 18.3 Å². The quantitative estimate of drug-likeness (QED) is 0.865.